The normalized spacial score (nSPS) is 17.1. The van der Waals surface area contributed by atoms with E-state index in [1.54, 1.807) is 6.20 Å². The van der Waals surface area contributed by atoms with Crippen LogP contribution in [-0.2, 0) is 6.54 Å². The number of nitrogens with zero attached hydrogens (tertiary/aromatic N) is 4. The minimum atomic E-state index is 0.542. The Bertz CT molecular complexity index is 548. The first-order valence-electron chi connectivity index (χ1n) is 6.69. The van der Waals surface area contributed by atoms with Crippen molar-refractivity contribution in [3.05, 3.63) is 28.7 Å². The lowest BCUT2D eigenvalue weighted by Crippen LogP contribution is -2.27. The fraction of sp³-hybridized carbons (Fsp3) is 0.462. The lowest BCUT2D eigenvalue weighted by Gasteiger charge is -2.16. The highest BCUT2D eigenvalue weighted by Gasteiger charge is 2.14. The van der Waals surface area contributed by atoms with Gasteiger partial charge >= 0.3 is 0 Å². The van der Waals surface area contributed by atoms with E-state index in [-0.39, 0.29) is 0 Å². The Labute approximate surface area is 125 Å². The first-order valence-corrected chi connectivity index (χ1v) is 7.48. The summed E-state index contributed by atoms with van der Waals surface area (Å²) < 4.78 is 6.25. The molecule has 0 aromatic carbocycles. The third-order valence-electron chi connectivity index (χ3n) is 3.22. The van der Waals surface area contributed by atoms with Gasteiger partial charge in [-0.1, -0.05) is 5.16 Å². The number of rotatable bonds is 3. The molecule has 0 spiro atoms. The van der Waals surface area contributed by atoms with Gasteiger partial charge in [0, 0.05) is 23.8 Å². The van der Waals surface area contributed by atoms with Gasteiger partial charge in [-0.2, -0.15) is 4.98 Å². The van der Waals surface area contributed by atoms with E-state index in [0.29, 0.717) is 18.3 Å². The summed E-state index contributed by atoms with van der Waals surface area (Å²) in [7, 11) is 0. The van der Waals surface area contributed by atoms with Crippen molar-refractivity contribution < 1.29 is 4.52 Å². The van der Waals surface area contributed by atoms with Crippen molar-refractivity contribution in [3.8, 4) is 11.5 Å². The van der Waals surface area contributed by atoms with Crippen LogP contribution in [0.3, 0.4) is 0 Å². The summed E-state index contributed by atoms with van der Waals surface area (Å²) in [6.07, 6.45) is 2.88. The molecule has 6 nitrogen and oxygen atoms in total. The van der Waals surface area contributed by atoms with Crippen molar-refractivity contribution in [2.45, 2.75) is 13.0 Å². The zero-order valence-electron chi connectivity index (χ0n) is 11.0. The number of pyridine rings is 1. The van der Waals surface area contributed by atoms with Crippen LogP contribution >= 0.6 is 15.9 Å². The average molecular weight is 338 g/mol. The lowest BCUT2D eigenvalue weighted by molar-refractivity contribution is 0.239. The Morgan fingerprint density at radius 1 is 1.30 bits per heavy atom. The highest BCUT2D eigenvalue weighted by molar-refractivity contribution is 9.10. The van der Waals surface area contributed by atoms with Crippen molar-refractivity contribution in [2.24, 2.45) is 0 Å². The van der Waals surface area contributed by atoms with Gasteiger partial charge in [0.05, 0.1) is 6.54 Å². The SMILES string of the molecule is Brc1ccc(-c2noc(CN3CCCNCC3)n2)nc1. The molecule has 0 amide bonds. The average Bonchev–Trinajstić information content (AvgIpc) is 2.76. The summed E-state index contributed by atoms with van der Waals surface area (Å²) in [4.78, 5) is 11.0. The van der Waals surface area contributed by atoms with E-state index in [9.17, 15) is 0 Å². The van der Waals surface area contributed by atoms with Crippen LogP contribution in [0, 0.1) is 0 Å². The molecule has 0 unspecified atom stereocenters. The minimum absolute atomic E-state index is 0.542. The van der Waals surface area contributed by atoms with Crippen LogP contribution < -0.4 is 5.32 Å². The maximum absolute atomic E-state index is 5.32. The van der Waals surface area contributed by atoms with Gasteiger partial charge in [0.2, 0.25) is 11.7 Å². The molecular formula is C13H16BrN5O. The molecule has 1 N–H and O–H groups in total. The zero-order chi connectivity index (χ0) is 13.8. The molecule has 1 aliphatic rings. The standard InChI is InChI=1S/C13H16BrN5O/c14-10-2-3-11(16-8-10)13-17-12(20-18-13)9-19-6-1-4-15-5-7-19/h2-3,8,15H,1,4-7,9H2. The summed E-state index contributed by atoms with van der Waals surface area (Å²) in [5, 5.41) is 7.38. The van der Waals surface area contributed by atoms with Crippen molar-refractivity contribution in [1.29, 1.82) is 0 Å². The van der Waals surface area contributed by atoms with Crippen LogP contribution in [0.1, 0.15) is 12.3 Å². The second-order valence-corrected chi connectivity index (χ2v) is 5.67. The molecule has 1 saturated heterocycles. The Balaban J connectivity index is 1.68. The van der Waals surface area contributed by atoms with Gasteiger partial charge in [0.15, 0.2) is 0 Å². The third kappa shape index (κ3) is 3.41. The topological polar surface area (TPSA) is 67.1 Å². The van der Waals surface area contributed by atoms with Crippen LogP contribution in [-0.4, -0.2) is 46.2 Å². The quantitative estimate of drug-likeness (QED) is 0.919. The lowest BCUT2D eigenvalue weighted by atomic mass is 10.3. The van der Waals surface area contributed by atoms with Gasteiger partial charge < -0.3 is 9.84 Å². The molecule has 2 aromatic heterocycles. The Morgan fingerprint density at radius 2 is 2.25 bits per heavy atom. The van der Waals surface area contributed by atoms with Gasteiger partial charge in [-0.25, -0.2) is 0 Å². The molecular weight excluding hydrogens is 322 g/mol. The van der Waals surface area contributed by atoms with E-state index in [4.69, 9.17) is 4.52 Å². The first kappa shape index (κ1) is 13.7. The molecule has 0 aliphatic carbocycles. The maximum atomic E-state index is 5.32. The summed E-state index contributed by atoms with van der Waals surface area (Å²) >= 11 is 3.36. The highest BCUT2D eigenvalue weighted by atomic mass is 79.9. The fourth-order valence-electron chi connectivity index (χ4n) is 2.18. The minimum Gasteiger partial charge on any atom is -0.337 e. The Morgan fingerprint density at radius 3 is 3.10 bits per heavy atom. The molecule has 0 saturated carbocycles. The molecule has 106 valence electrons. The largest absolute Gasteiger partial charge is 0.337 e. The van der Waals surface area contributed by atoms with E-state index >= 15 is 0 Å². The van der Waals surface area contributed by atoms with E-state index < -0.39 is 0 Å². The first-order chi connectivity index (χ1) is 9.81. The second-order valence-electron chi connectivity index (χ2n) is 4.75. The summed E-state index contributed by atoms with van der Waals surface area (Å²) in [5.41, 5.74) is 0.723. The van der Waals surface area contributed by atoms with E-state index in [1.165, 1.54) is 0 Å². The van der Waals surface area contributed by atoms with E-state index in [0.717, 1.165) is 42.8 Å². The number of nitrogens with one attached hydrogen (secondary N) is 1. The van der Waals surface area contributed by atoms with Crippen molar-refractivity contribution in [2.75, 3.05) is 26.2 Å². The fourth-order valence-corrected chi connectivity index (χ4v) is 2.42. The van der Waals surface area contributed by atoms with E-state index in [2.05, 4.69) is 41.3 Å². The monoisotopic (exact) mass is 337 g/mol. The molecule has 0 bridgehead atoms. The van der Waals surface area contributed by atoms with Crippen LogP contribution in [0.4, 0.5) is 0 Å². The summed E-state index contributed by atoms with van der Waals surface area (Å²) in [5.74, 6) is 1.19. The maximum Gasteiger partial charge on any atom is 0.241 e. The van der Waals surface area contributed by atoms with Gasteiger partial charge in [-0.05, 0) is 47.6 Å². The molecule has 1 aliphatic heterocycles. The summed E-state index contributed by atoms with van der Waals surface area (Å²) in [6.45, 7) is 4.85. The van der Waals surface area contributed by atoms with Gasteiger partial charge in [0.1, 0.15) is 5.69 Å². The molecule has 3 heterocycles. The number of aromatic nitrogens is 3. The molecule has 0 atom stereocenters. The molecule has 2 aromatic rings. The molecule has 0 radical (unpaired) electrons. The molecule has 1 fully saturated rings. The van der Waals surface area contributed by atoms with Crippen molar-refractivity contribution >= 4 is 15.9 Å². The van der Waals surface area contributed by atoms with Crippen molar-refractivity contribution in [3.63, 3.8) is 0 Å². The number of hydrogen-bond acceptors (Lipinski definition) is 6. The Hall–Kier alpha value is -1.31. The van der Waals surface area contributed by atoms with Gasteiger partial charge in [-0.15, -0.1) is 0 Å². The number of halogens is 1. The number of hydrogen-bond donors (Lipinski definition) is 1. The molecule has 3 rings (SSSR count). The van der Waals surface area contributed by atoms with Gasteiger partial charge in [-0.3, -0.25) is 9.88 Å². The highest BCUT2D eigenvalue weighted by Crippen LogP contribution is 2.16. The predicted molar refractivity (Wildman–Crippen MR) is 78.0 cm³/mol. The zero-order valence-corrected chi connectivity index (χ0v) is 12.6. The van der Waals surface area contributed by atoms with Crippen LogP contribution in [0.25, 0.3) is 11.5 Å². The Kier molecular flexibility index (Phi) is 4.39. The van der Waals surface area contributed by atoms with Crippen LogP contribution in [0.15, 0.2) is 27.3 Å². The van der Waals surface area contributed by atoms with Crippen molar-refractivity contribution in [1.82, 2.24) is 25.3 Å². The predicted octanol–water partition coefficient (Wildman–Crippen LogP) is 1.69. The van der Waals surface area contributed by atoms with Crippen LogP contribution in [0.2, 0.25) is 0 Å². The van der Waals surface area contributed by atoms with E-state index in [1.807, 2.05) is 12.1 Å². The summed E-state index contributed by atoms with van der Waals surface area (Å²) in [6, 6.07) is 3.79. The third-order valence-corrected chi connectivity index (χ3v) is 3.69. The smallest absolute Gasteiger partial charge is 0.241 e. The second kappa shape index (κ2) is 6.43. The molecule has 20 heavy (non-hydrogen) atoms. The van der Waals surface area contributed by atoms with Crippen LogP contribution in [0.5, 0.6) is 0 Å². The molecule has 7 heteroatoms. The van der Waals surface area contributed by atoms with Gasteiger partial charge in [0.25, 0.3) is 0 Å².